The first-order chi connectivity index (χ1) is 16.5. The molecule has 4 rings (SSSR count). The Morgan fingerprint density at radius 1 is 1.09 bits per heavy atom. The number of rotatable bonds is 8. The molecule has 0 spiro atoms. The van der Waals surface area contributed by atoms with E-state index >= 15 is 0 Å². The summed E-state index contributed by atoms with van der Waals surface area (Å²) in [6.07, 6.45) is 4.79. The molecule has 1 saturated carbocycles. The summed E-state index contributed by atoms with van der Waals surface area (Å²) in [7, 11) is 1.63. The van der Waals surface area contributed by atoms with Gasteiger partial charge in [0, 0.05) is 43.0 Å². The van der Waals surface area contributed by atoms with Gasteiger partial charge in [-0.3, -0.25) is 9.69 Å². The van der Waals surface area contributed by atoms with Gasteiger partial charge in [0.2, 0.25) is 5.91 Å². The number of anilines is 2. The molecule has 2 aliphatic rings. The van der Waals surface area contributed by atoms with E-state index in [0.717, 1.165) is 56.6 Å². The van der Waals surface area contributed by atoms with E-state index in [1.807, 2.05) is 24.3 Å². The second kappa shape index (κ2) is 10.8. The number of ether oxygens (including phenoxy) is 1. The van der Waals surface area contributed by atoms with Crippen molar-refractivity contribution in [1.82, 2.24) is 4.90 Å². The molecule has 1 amide bonds. The molecule has 1 aliphatic heterocycles. The van der Waals surface area contributed by atoms with Crippen molar-refractivity contribution in [3.05, 3.63) is 54.1 Å². The number of likely N-dealkylation sites (tertiary alicyclic amines) is 1. The zero-order valence-corrected chi connectivity index (χ0v) is 20.8. The van der Waals surface area contributed by atoms with Crippen LogP contribution in [-0.4, -0.2) is 54.8 Å². The van der Waals surface area contributed by atoms with Crippen molar-refractivity contribution in [3.8, 4) is 5.75 Å². The first-order valence-corrected chi connectivity index (χ1v) is 12.7. The summed E-state index contributed by atoms with van der Waals surface area (Å²) in [6.45, 7) is 7.30. The number of aliphatic hydroxyl groups is 1. The number of hydrogen-bond donors (Lipinski definition) is 2. The average Bonchev–Trinajstić information content (AvgIpc) is 2.86. The molecule has 3 atom stereocenters. The van der Waals surface area contributed by atoms with Crippen LogP contribution in [0.2, 0.25) is 0 Å². The molecule has 2 aromatic carbocycles. The van der Waals surface area contributed by atoms with Crippen molar-refractivity contribution in [3.63, 3.8) is 0 Å². The van der Waals surface area contributed by atoms with Gasteiger partial charge >= 0.3 is 0 Å². The molecule has 6 heteroatoms. The highest BCUT2D eigenvalue weighted by Crippen LogP contribution is 2.49. The second-order valence-electron chi connectivity index (χ2n) is 9.66. The third kappa shape index (κ3) is 5.23. The van der Waals surface area contributed by atoms with E-state index in [1.54, 1.807) is 7.11 Å². The number of benzene rings is 2. The maximum atomic E-state index is 13.0. The minimum absolute atomic E-state index is 0.0313. The first-order valence-electron chi connectivity index (χ1n) is 12.7. The molecule has 1 saturated heterocycles. The summed E-state index contributed by atoms with van der Waals surface area (Å²) < 4.78 is 5.21. The number of nitrogens with one attached hydrogen (secondary N) is 1. The van der Waals surface area contributed by atoms with Crippen LogP contribution in [0.5, 0.6) is 5.75 Å². The Balaban J connectivity index is 1.55. The number of fused-ring (bicyclic) bond motifs is 1. The van der Waals surface area contributed by atoms with E-state index in [1.165, 1.54) is 11.3 Å². The Labute approximate surface area is 203 Å². The molecular formula is C28H39N3O3. The SMILES string of the molecule is CCN(CC)c1ccc(C2C3CCCCC3(O)CCN2CC(=O)Nc2ccc(OC)cc2)cc1. The van der Waals surface area contributed by atoms with Crippen LogP contribution in [0.4, 0.5) is 11.4 Å². The molecular weight excluding hydrogens is 426 g/mol. The topological polar surface area (TPSA) is 65.0 Å². The quantitative estimate of drug-likeness (QED) is 0.584. The van der Waals surface area contributed by atoms with Crippen LogP contribution >= 0.6 is 0 Å². The minimum atomic E-state index is -0.635. The van der Waals surface area contributed by atoms with Gasteiger partial charge in [0.25, 0.3) is 0 Å². The summed E-state index contributed by atoms with van der Waals surface area (Å²) in [6, 6.07) is 16.2. The maximum Gasteiger partial charge on any atom is 0.238 e. The predicted molar refractivity (Wildman–Crippen MR) is 137 cm³/mol. The highest BCUT2D eigenvalue weighted by Gasteiger charge is 2.49. The Kier molecular flexibility index (Phi) is 7.79. The van der Waals surface area contributed by atoms with Crippen LogP contribution in [0.1, 0.15) is 57.6 Å². The number of piperidine rings is 1. The summed E-state index contributed by atoms with van der Waals surface area (Å²) >= 11 is 0. The predicted octanol–water partition coefficient (Wildman–Crippen LogP) is 4.85. The van der Waals surface area contributed by atoms with E-state index in [0.29, 0.717) is 13.1 Å². The van der Waals surface area contributed by atoms with Crippen molar-refractivity contribution < 1.29 is 14.6 Å². The summed E-state index contributed by atoms with van der Waals surface area (Å²) in [5.74, 6) is 0.873. The molecule has 1 heterocycles. The highest BCUT2D eigenvalue weighted by molar-refractivity contribution is 5.92. The summed E-state index contributed by atoms with van der Waals surface area (Å²) in [5.41, 5.74) is 2.53. The third-order valence-corrected chi connectivity index (χ3v) is 7.76. The number of nitrogens with zero attached hydrogens (tertiary/aromatic N) is 2. The van der Waals surface area contributed by atoms with Crippen LogP contribution in [0, 0.1) is 5.92 Å². The lowest BCUT2D eigenvalue weighted by Crippen LogP contribution is -2.56. The minimum Gasteiger partial charge on any atom is -0.497 e. The van der Waals surface area contributed by atoms with Crippen LogP contribution in [0.15, 0.2) is 48.5 Å². The van der Waals surface area contributed by atoms with Gasteiger partial charge in [-0.05, 0) is 75.1 Å². The Morgan fingerprint density at radius 3 is 2.44 bits per heavy atom. The molecule has 6 nitrogen and oxygen atoms in total. The number of amides is 1. The van der Waals surface area contributed by atoms with Gasteiger partial charge in [-0.15, -0.1) is 0 Å². The average molecular weight is 466 g/mol. The fraction of sp³-hybridized carbons (Fsp3) is 0.536. The number of carbonyl (C=O) groups is 1. The standard InChI is InChI=1S/C28H39N3O3/c1-4-30(5-2)23-13-9-21(10-14-23)27-25-8-6-7-17-28(25,33)18-19-31(27)20-26(32)29-22-11-15-24(34-3)16-12-22/h9-16,25,27,33H,4-8,17-20H2,1-3H3,(H,29,32). The van der Waals surface area contributed by atoms with E-state index in [-0.39, 0.29) is 17.9 Å². The van der Waals surface area contributed by atoms with Crippen LogP contribution in [-0.2, 0) is 4.79 Å². The van der Waals surface area contributed by atoms with Crippen LogP contribution in [0.25, 0.3) is 0 Å². The van der Waals surface area contributed by atoms with Crippen molar-refractivity contribution in [2.45, 2.75) is 57.6 Å². The fourth-order valence-electron chi connectivity index (χ4n) is 5.89. The van der Waals surface area contributed by atoms with Crippen molar-refractivity contribution in [2.75, 3.05) is 43.5 Å². The van der Waals surface area contributed by atoms with E-state index in [2.05, 4.69) is 53.2 Å². The molecule has 2 fully saturated rings. The molecule has 2 aromatic rings. The molecule has 34 heavy (non-hydrogen) atoms. The Morgan fingerprint density at radius 2 is 1.79 bits per heavy atom. The van der Waals surface area contributed by atoms with Crippen LogP contribution < -0.4 is 15.0 Å². The smallest absolute Gasteiger partial charge is 0.238 e. The number of hydrogen-bond acceptors (Lipinski definition) is 5. The Hall–Kier alpha value is -2.57. The lowest BCUT2D eigenvalue weighted by molar-refractivity contribution is -0.135. The zero-order valence-electron chi connectivity index (χ0n) is 20.8. The van der Waals surface area contributed by atoms with Crippen molar-refractivity contribution in [2.24, 2.45) is 5.92 Å². The lowest BCUT2D eigenvalue weighted by atomic mass is 9.66. The third-order valence-electron chi connectivity index (χ3n) is 7.76. The lowest BCUT2D eigenvalue weighted by Gasteiger charge is -2.52. The van der Waals surface area contributed by atoms with Gasteiger partial charge in [-0.1, -0.05) is 25.0 Å². The molecule has 1 aliphatic carbocycles. The number of carbonyl (C=O) groups excluding carboxylic acids is 1. The first kappa shape index (κ1) is 24.6. The Bertz CT molecular complexity index is 942. The monoisotopic (exact) mass is 465 g/mol. The van der Waals surface area contributed by atoms with Gasteiger partial charge in [0.05, 0.1) is 19.3 Å². The fourth-order valence-corrected chi connectivity index (χ4v) is 5.89. The second-order valence-corrected chi connectivity index (χ2v) is 9.66. The van der Waals surface area contributed by atoms with Gasteiger partial charge in [-0.25, -0.2) is 0 Å². The normalized spacial score (nSPS) is 24.8. The maximum absolute atomic E-state index is 13.0. The van der Waals surface area contributed by atoms with Gasteiger partial charge < -0.3 is 20.1 Å². The van der Waals surface area contributed by atoms with E-state index < -0.39 is 5.60 Å². The van der Waals surface area contributed by atoms with E-state index in [4.69, 9.17) is 4.74 Å². The molecule has 0 bridgehead atoms. The van der Waals surface area contributed by atoms with E-state index in [9.17, 15) is 9.90 Å². The summed E-state index contributed by atoms with van der Waals surface area (Å²) in [4.78, 5) is 17.6. The van der Waals surface area contributed by atoms with Gasteiger partial charge in [0.15, 0.2) is 0 Å². The highest BCUT2D eigenvalue weighted by atomic mass is 16.5. The summed E-state index contributed by atoms with van der Waals surface area (Å²) in [5, 5.41) is 14.6. The molecule has 2 N–H and O–H groups in total. The molecule has 184 valence electrons. The molecule has 0 radical (unpaired) electrons. The van der Waals surface area contributed by atoms with Crippen LogP contribution in [0.3, 0.4) is 0 Å². The van der Waals surface area contributed by atoms with Crippen molar-refractivity contribution in [1.29, 1.82) is 0 Å². The van der Waals surface area contributed by atoms with Gasteiger partial charge in [-0.2, -0.15) is 0 Å². The molecule has 0 aromatic heterocycles. The zero-order chi connectivity index (χ0) is 24.1. The molecule has 3 unspecified atom stereocenters. The van der Waals surface area contributed by atoms with Gasteiger partial charge in [0.1, 0.15) is 5.75 Å². The largest absolute Gasteiger partial charge is 0.497 e. The number of methoxy groups -OCH3 is 1. The van der Waals surface area contributed by atoms with Crippen molar-refractivity contribution >= 4 is 17.3 Å².